The van der Waals surface area contributed by atoms with Gasteiger partial charge in [-0.1, -0.05) is 11.8 Å². The van der Waals surface area contributed by atoms with Gasteiger partial charge in [-0.2, -0.15) is 0 Å². The van der Waals surface area contributed by atoms with Gasteiger partial charge in [0.15, 0.2) is 11.4 Å². The molecule has 2 aliphatic heterocycles. The zero-order chi connectivity index (χ0) is 26.1. The van der Waals surface area contributed by atoms with Crippen LogP contribution in [0.15, 0.2) is 56.9 Å². The molecule has 3 aliphatic rings. The first kappa shape index (κ1) is 23.2. The van der Waals surface area contributed by atoms with E-state index in [0.717, 1.165) is 25.7 Å². The molecule has 0 amide bonds. The molecule has 0 spiro atoms. The summed E-state index contributed by atoms with van der Waals surface area (Å²) in [5.74, 6) is 6.14. The fraction of sp³-hybridized carbons (Fsp3) is 0.207. The molecule has 1 aliphatic carbocycles. The van der Waals surface area contributed by atoms with Gasteiger partial charge in [0, 0.05) is 59.7 Å². The lowest BCUT2D eigenvalue weighted by Crippen LogP contribution is -2.50. The quantitative estimate of drug-likeness (QED) is 0.280. The zero-order valence-electron chi connectivity index (χ0n) is 20.7. The van der Waals surface area contributed by atoms with Gasteiger partial charge in [0.05, 0.1) is 5.56 Å². The van der Waals surface area contributed by atoms with E-state index in [0.29, 0.717) is 52.2 Å². The van der Waals surface area contributed by atoms with Crippen molar-refractivity contribution in [2.24, 2.45) is 0 Å². The van der Waals surface area contributed by atoms with Crippen LogP contribution < -0.4 is 5.63 Å². The largest absolute Gasteiger partial charge is 0.737 e. The Bertz CT molecular complexity index is 1810. The van der Waals surface area contributed by atoms with Crippen molar-refractivity contribution in [2.45, 2.75) is 40.0 Å². The lowest BCUT2D eigenvalue weighted by molar-refractivity contribution is -0.361. The summed E-state index contributed by atoms with van der Waals surface area (Å²) in [5.41, 5.74) is 4.77. The summed E-state index contributed by atoms with van der Waals surface area (Å²) in [4.78, 5) is 24.9. The number of carbonyl (C=O) groups excluding carboxylic acids is 1. The Morgan fingerprint density at radius 3 is 2.70 bits per heavy atom. The normalized spacial score (nSPS) is 18.0. The van der Waals surface area contributed by atoms with E-state index in [2.05, 4.69) is 11.8 Å². The van der Waals surface area contributed by atoms with Crippen molar-refractivity contribution < 1.29 is 22.3 Å². The van der Waals surface area contributed by atoms with Crippen LogP contribution in [0, 0.1) is 25.7 Å². The number of carbonyl (C=O) groups is 1. The molecule has 2 aromatic heterocycles. The van der Waals surface area contributed by atoms with Gasteiger partial charge in [-0.05, 0) is 67.9 Å². The number of hydrogen-bond acceptors (Lipinski definition) is 3. The van der Waals surface area contributed by atoms with Crippen LogP contribution in [0.3, 0.4) is 0 Å². The first-order chi connectivity index (χ1) is 17.6. The van der Waals surface area contributed by atoms with Crippen molar-refractivity contribution in [3.63, 3.8) is 0 Å². The zero-order valence-corrected chi connectivity index (χ0v) is 20.7. The van der Waals surface area contributed by atoms with Crippen molar-refractivity contribution in [2.75, 3.05) is 0 Å². The molecule has 0 radical (unpaired) electrons. The molecule has 4 heterocycles. The molecule has 37 heavy (non-hydrogen) atoms. The van der Waals surface area contributed by atoms with Crippen LogP contribution in [0.2, 0.25) is 0 Å². The molecule has 0 bridgehead atoms. The van der Waals surface area contributed by atoms with Gasteiger partial charge in [-0.25, -0.2) is 4.79 Å². The number of benzene rings is 1. The number of allylic oxidation sites excluding steroid dienone is 3. The molecule has 184 valence electrons. The molecule has 8 heteroatoms. The third kappa shape index (κ3) is 3.65. The summed E-state index contributed by atoms with van der Waals surface area (Å²) in [6, 6.07) is 6.93. The topological polar surface area (TPSA) is 55.2 Å². The Morgan fingerprint density at radius 1 is 1.08 bits per heavy atom. The first-order valence-corrected chi connectivity index (χ1v) is 12.2. The van der Waals surface area contributed by atoms with E-state index in [-0.39, 0.29) is 17.8 Å². The number of ketones is 1. The molecule has 5 nitrogen and oxygen atoms in total. The van der Waals surface area contributed by atoms with E-state index in [9.17, 15) is 9.59 Å². The molecular formula is C29H23BF2N2O3. The minimum Gasteiger partial charge on any atom is -0.422 e. The second kappa shape index (κ2) is 8.14. The lowest BCUT2D eigenvalue weighted by atomic mass is 9.89. The van der Waals surface area contributed by atoms with Gasteiger partial charge >= 0.3 is 12.6 Å². The van der Waals surface area contributed by atoms with Crippen LogP contribution >= 0.6 is 0 Å². The van der Waals surface area contributed by atoms with E-state index in [1.54, 1.807) is 44.2 Å². The Kier molecular flexibility index (Phi) is 5.10. The number of nitrogens with zero attached hydrogens (tertiary/aromatic N) is 2. The fourth-order valence-electron chi connectivity index (χ4n) is 5.47. The Hall–Kier alpha value is -4.25. The van der Waals surface area contributed by atoms with Crippen LogP contribution in [0.1, 0.15) is 53.4 Å². The number of hydrogen-bond donors (Lipinski definition) is 0. The van der Waals surface area contributed by atoms with E-state index in [1.165, 1.54) is 12.2 Å². The average Bonchev–Trinajstić information content (AvgIpc) is 3.30. The van der Waals surface area contributed by atoms with Crippen LogP contribution in [0.25, 0.3) is 23.1 Å². The van der Waals surface area contributed by atoms with Gasteiger partial charge in [0.1, 0.15) is 11.4 Å². The summed E-state index contributed by atoms with van der Waals surface area (Å²) in [5, 5.41) is 0.646. The molecule has 6 rings (SSSR count). The predicted molar refractivity (Wildman–Crippen MR) is 141 cm³/mol. The van der Waals surface area contributed by atoms with Gasteiger partial charge in [0.25, 0.3) is 0 Å². The van der Waals surface area contributed by atoms with Crippen molar-refractivity contribution >= 4 is 41.6 Å². The second-order valence-electron chi connectivity index (χ2n) is 9.85. The number of fused-ring (bicyclic) bond motifs is 4. The summed E-state index contributed by atoms with van der Waals surface area (Å²) >= 11 is 0. The highest BCUT2D eigenvalue weighted by Crippen LogP contribution is 2.37. The van der Waals surface area contributed by atoms with Gasteiger partial charge < -0.3 is 22.0 Å². The fourth-order valence-corrected chi connectivity index (χ4v) is 5.47. The smallest absolute Gasteiger partial charge is 0.422 e. The maximum atomic E-state index is 15.8. The molecule has 3 aromatic rings. The van der Waals surface area contributed by atoms with Gasteiger partial charge in [-0.15, -0.1) is 0 Å². The minimum absolute atomic E-state index is 0.108. The summed E-state index contributed by atoms with van der Waals surface area (Å²) in [6.45, 7) is 1.19. The molecule has 0 unspecified atom stereocenters. The highest BCUT2D eigenvalue weighted by Gasteiger charge is 2.53. The van der Waals surface area contributed by atoms with Crippen molar-refractivity contribution in [1.82, 2.24) is 4.48 Å². The SMILES string of the molecule is CC1=CC(/C=C/c2cc3cc4c(cc3oc2=O)C#CCCC(=O)C4)=[N+]2C1=Cc1c(C)cc(C)n1[B-]2(F)F. The Morgan fingerprint density at radius 2 is 1.89 bits per heavy atom. The Labute approximate surface area is 212 Å². The van der Waals surface area contributed by atoms with Crippen LogP contribution in [0.4, 0.5) is 8.63 Å². The molecule has 1 aromatic carbocycles. The molecular weight excluding hydrogens is 473 g/mol. The average molecular weight is 496 g/mol. The highest BCUT2D eigenvalue weighted by molar-refractivity contribution is 6.58. The third-order valence-corrected chi connectivity index (χ3v) is 7.23. The molecule has 0 N–H and O–H groups in total. The lowest BCUT2D eigenvalue weighted by Gasteiger charge is -2.30. The number of rotatable bonds is 2. The number of aryl methyl sites for hydroxylation is 2. The monoisotopic (exact) mass is 496 g/mol. The molecule has 0 fully saturated rings. The summed E-state index contributed by atoms with van der Waals surface area (Å²) in [6.07, 6.45) is 7.71. The number of Topliss-reactive ketones (excluding diaryl/α,β-unsaturated/α-hetero) is 1. The highest BCUT2D eigenvalue weighted by atomic mass is 19.2. The van der Waals surface area contributed by atoms with Gasteiger partial charge in [-0.3, -0.25) is 4.79 Å². The minimum atomic E-state index is -4.12. The van der Waals surface area contributed by atoms with Crippen LogP contribution in [-0.4, -0.2) is 27.4 Å². The van der Waals surface area contributed by atoms with Crippen molar-refractivity contribution in [3.8, 4) is 11.8 Å². The maximum absolute atomic E-state index is 15.8. The summed E-state index contributed by atoms with van der Waals surface area (Å²) < 4.78 is 39.3. The van der Waals surface area contributed by atoms with Gasteiger partial charge in [0.2, 0.25) is 0 Å². The Balaban J connectivity index is 1.44. The summed E-state index contributed by atoms with van der Waals surface area (Å²) in [7, 11) is 0. The second-order valence-corrected chi connectivity index (χ2v) is 9.85. The van der Waals surface area contributed by atoms with Crippen LogP contribution in [-0.2, 0) is 11.2 Å². The molecule has 0 atom stereocenters. The molecule has 0 saturated heterocycles. The van der Waals surface area contributed by atoms with E-state index < -0.39 is 12.6 Å². The van der Waals surface area contributed by atoms with E-state index in [4.69, 9.17) is 4.42 Å². The predicted octanol–water partition coefficient (Wildman–Crippen LogP) is 5.17. The first-order valence-electron chi connectivity index (χ1n) is 12.2. The van der Waals surface area contributed by atoms with E-state index in [1.807, 2.05) is 13.0 Å². The van der Waals surface area contributed by atoms with Crippen molar-refractivity contribution in [3.05, 3.63) is 91.7 Å². The third-order valence-electron chi connectivity index (χ3n) is 7.23. The molecule has 0 saturated carbocycles. The van der Waals surface area contributed by atoms with E-state index >= 15 is 8.63 Å². The van der Waals surface area contributed by atoms with Crippen LogP contribution in [0.5, 0.6) is 0 Å². The van der Waals surface area contributed by atoms with Crippen molar-refractivity contribution in [1.29, 1.82) is 0 Å². The maximum Gasteiger partial charge on any atom is 0.737 e. The number of aromatic nitrogens is 1. The number of halogens is 2. The standard InChI is InChI=1S/C29H23BF2N2O3/c1-17-10-19(3)33-26(17)16-27-18(2)11-24(34(27)30(33,31)32)9-8-21-12-23-13-22-14-25(35)7-5-4-6-20(22)15-28(23)37-29(21)36/h8-13,15-16H,5,7,14H2,1-3H3/b9-8+.